The van der Waals surface area contributed by atoms with Gasteiger partial charge in [0.1, 0.15) is 6.04 Å². The van der Waals surface area contributed by atoms with Crippen molar-refractivity contribution < 1.29 is 24.1 Å². The highest BCUT2D eigenvalue weighted by Crippen LogP contribution is 2.21. The van der Waals surface area contributed by atoms with Crippen LogP contribution in [0.4, 0.5) is 0 Å². The molecular formula is C20H29N6O4+. The van der Waals surface area contributed by atoms with E-state index in [-0.39, 0.29) is 19.0 Å². The fraction of sp³-hybridized carbons (Fsp3) is 0.400. The summed E-state index contributed by atoms with van der Waals surface area (Å²) in [4.78, 5) is 38.9. The molecule has 30 heavy (non-hydrogen) atoms. The van der Waals surface area contributed by atoms with Crippen LogP contribution in [-0.2, 0) is 25.5 Å². The normalized spacial score (nSPS) is 12.7. The van der Waals surface area contributed by atoms with E-state index in [0.29, 0.717) is 25.8 Å². The number of nitrogens with zero attached hydrogens (tertiary/aromatic N) is 1. The number of aromatic nitrogens is 1. The Labute approximate surface area is 174 Å². The number of carbonyl (C=O) groups is 3. The number of rotatable bonds is 11. The number of amides is 1. The zero-order valence-electron chi connectivity index (χ0n) is 17.0. The summed E-state index contributed by atoms with van der Waals surface area (Å²) in [5.74, 6) is -0.919. The van der Waals surface area contributed by atoms with Crippen LogP contribution in [0.2, 0.25) is 0 Å². The number of guanidine groups is 1. The number of esters is 1. The number of para-hydroxylation sites is 1. The minimum Gasteiger partial charge on any atom is -0.464 e. The maximum absolute atomic E-state index is 12.6. The topological polar surface area (TPSA) is 169 Å². The van der Waals surface area contributed by atoms with E-state index >= 15 is 0 Å². The van der Waals surface area contributed by atoms with E-state index in [1.165, 1.54) is 4.57 Å². The molecule has 10 nitrogen and oxygen atoms in total. The summed E-state index contributed by atoms with van der Waals surface area (Å²) in [5.41, 5.74) is 18.3. The molecule has 0 bridgehead atoms. The van der Waals surface area contributed by atoms with Crippen molar-refractivity contribution >= 4 is 35.1 Å². The molecule has 2 atom stereocenters. The lowest BCUT2D eigenvalue weighted by Crippen LogP contribution is -2.78. The van der Waals surface area contributed by atoms with Crippen LogP contribution in [-0.4, -0.2) is 54.0 Å². The molecule has 0 saturated carbocycles. The fourth-order valence-corrected chi connectivity index (χ4v) is 3.17. The number of ether oxygens (including phenoxy) is 1. The average molecular weight is 417 g/mol. The van der Waals surface area contributed by atoms with Crippen molar-refractivity contribution in [2.24, 2.45) is 17.2 Å². The molecule has 1 aromatic heterocycles. The molecule has 0 fully saturated rings. The molecular weight excluding hydrogens is 388 g/mol. The van der Waals surface area contributed by atoms with Crippen molar-refractivity contribution in [1.29, 1.82) is 0 Å². The van der Waals surface area contributed by atoms with E-state index < -0.39 is 24.0 Å². The van der Waals surface area contributed by atoms with Crippen LogP contribution in [0.3, 0.4) is 0 Å². The lowest BCUT2D eigenvalue weighted by atomic mass is 10.0. The van der Waals surface area contributed by atoms with Gasteiger partial charge in [-0.1, -0.05) is 18.2 Å². The summed E-state index contributed by atoms with van der Waals surface area (Å²) in [5, 5.41) is 3.51. The zero-order valence-corrected chi connectivity index (χ0v) is 17.0. The lowest BCUT2D eigenvalue weighted by molar-refractivity contribution is -0.459. The van der Waals surface area contributed by atoms with E-state index in [4.69, 9.17) is 21.9 Å². The van der Waals surface area contributed by atoms with Crippen molar-refractivity contribution in [3.05, 3.63) is 36.0 Å². The Morgan fingerprint density at radius 1 is 1.30 bits per heavy atom. The van der Waals surface area contributed by atoms with Crippen molar-refractivity contribution in [1.82, 2.24) is 9.88 Å². The van der Waals surface area contributed by atoms with Crippen molar-refractivity contribution in [2.45, 2.75) is 38.3 Å². The number of hydrogen-bond acceptors (Lipinski definition) is 5. The minimum absolute atomic E-state index is 0.0863. The van der Waals surface area contributed by atoms with Crippen LogP contribution in [0.15, 0.2) is 30.5 Å². The molecule has 0 aliphatic rings. The Morgan fingerprint density at radius 2 is 2.03 bits per heavy atom. The second-order valence-corrected chi connectivity index (χ2v) is 6.83. The van der Waals surface area contributed by atoms with Gasteiger partial charge in [-0.3, -0.25) is 30.6 Å². The monoisotopic (exact) mass is 417 g/mol. The second-order valence-electron chi connectivity index (χ2n) is 6.83. The average Bonchev–Trinajstić information content (AvgIpc) is 3.07. The van der Waals surface area contributed by atoms with Gasteiger partial charge in [-0.05, 0) is 37.8 Å². The molecule has 0 spiro atoms. The standard InChI is InChI=1S/C20H28N6O4/c1-2-30-19(29)16(7-5-9-24-20(22)23)25-18(28)15(21)10-13-11-26(12-27)17-8-4-3-6-14(13)17/h3-4,6,8,11-12,15-16H,2,5,7,9-10,21H2,1H3,(H,25,28)(H4,22,23,24)/p+1/t15?,16-/m1/s1. The van der Waals surface area contributed by atoms with Gasteiger partial charge in [0.2, 0.25) is 12.3 Å². The molecule has 10 heteroatoms. The maximum atomic E-state index is 12.6. The summed E-state index contributed by atoms with van der Waals surface area (Å²) in [6, 6.07) is 5.62. The molecule has 1 unspecified atom stereocenters. The SMILES string of the molecule is CCOC(=O)[C@@H](CCC[NH+]=C(N)N)NC(=O)C(N)Cc1cn(C=O)c2ccccc12. The highest BCUT2D eigenvalue weighted by molar-refractivity contribution is 5.91. The van der Waals surface area contributed by atoms with Crippen LogP contribution < -0.4 is 27.5 Å². The maximum Gasteiger partial charge on any atom is 0.338 e. The van der Waals surface area contributed by atoms with Crippen LogP contribution in [0.25, 0.3) is 10.9 Å². The first-order valence-corrected chi connectivity index (χ1v) is 9.75. The Balaban J connectivity index is 2.06. The molecule has 2 rings (SSSR count). The summed E-state index contributed by atoms with van der Waals surface area (Å²) in [6.07, 6.45) is 3.44. The molecule has 8 N–H and O–H groups in total. The molecule has 0 saturated heterocycles. The van der Waals surface area contributed by atoms with Gasteiger partial charge >= 0.3 is 11.9 Å². The van der Waals surface area contributed by atoms with E-state index in [1.807, 2.05) is 24.3 Å². The van der Waals surface area contributed by atoms with Crippen LogP contribution >= 0.6 is 0 Å². The number of hydrogen-bond donors (Lipinski definition) is 5. The van der Waals surface area contributed by atoms with Gasteiger partial charge in [-0.2, -0.15) is 0 Å². The molecule has 1 aromatic carbocycles. The van der Waals surface area contributed by atoms with E-state index in [1.54, 1.807) is 13.1 Å². The van der Waals surface area contributed by atoms with Gasteiger partial charge in [0.25, 0.3) is 0 Å². The zero-order chi connectivity index (χ0) is 22.1. The quantitative estimate of drug-likeness (QED) is 0.0902. The predicted molar refractivity (Wildman–Crippen MR) is 113 cm³/mol. The number of carbonyl (C=O) groups excluding carboxylic acids is 3. The fourth-order valence-electron chi connectivity index (χ4n) is 3.17. The van der Waals surface area contributed by atoms with Crippen molar-refractivity contribution in [2.75, 3.05) is 13.2 Å². The first-order chi connectivity index (χ1) is 14.4. The smallest absolute Gasteiger partial charge is 0.338 e. The highest BCUT2D eigenvalue weighted by Gasteiger charge is 2.25. The number of nitrogens with two attached hydrogens (primary N) is 3. The third-order valence-electron chi connectivity index (χ3n) is 4.60. The summed E-state index contributed by atoms with van der Waals surface area (Å²) >= 11 is 0. The predicted octanol–water partition coefficient (Wildman–Crippen LogP) is -2.27. The van der Waals surface area contributed by atoms with Gasteiger partial charge in [0, 0.05) is 11.6 Å². The summed E-state index contributed by atoms with van der Waals surface area (Å²) in [7, 11) is 0. The van der Waals surface area contributed by atoms with Gasteiger partial charge in [0.05, 0.1) is 24.7 Å². The largest absolute Gasteiger partial charge is 0.464 e. The van der Waals surface area contributed by atoms with Crippen molar-refractivity contribution in [3.63, 3.8) is 0 Å². The molecule has 2 aromatic rings. The Morgan fingerprint density at radius 3 is 2.70 bits per heavy atom. The minimum atomic E-state index is -0.904. The molecule has 162 valence electrons. The molecule has 0 aliphatic heterocycles. The van der Waals surface area contributed by atoms with Gasteiger partial charge in [0.15, 0.2) is 0 Å². The van der Waals surface area contributed by atoms with Gasteiger partial charge < -0.3 is 15.8 Å². The first kappa shape index (κ1) is 22.9. The Kier molecular flexibility index (Phi) is 8.36. The van der Waals surface area contributed by atoms with Crippen LogP contribution in [0.1, 0.15) is 25.3 Å². The lowest BCUT2D eigenvalue weighted by Gasteiger charge is -2.19. The number of nitrogens with one attached hydrogen (secondary N) is 2. The Bertz CT molecular complexity index is 919. The summed E-state index contributed by atoms with van der Waals surface area (Å²) < 4.78 is 6.49. The van der Waals surface area contributed by atoms with Crippen LogP contribution in [0.5, 0.6) is 0 Å². The third kappa shape index (κ3) is 6.05. The van der Waals surface area contributed by atoms with Crippen molar-refractivity contribution in [3.8, 4) is 0 Å². The molecule has 1 heterocycles. The Hall–Kier alpha value is -3.40. The molecule has 1 amide bonds. The highest BCUT2D eigenvalue weighted by atomic mass is 16.5. The number of fused-ring (bicyclic) bond motifs is 1. The first-order valence-electron chi connectivity index (χ1n) is 9.75. The molecule has 0 radical (unpaired) electrons. The van der Waals surface area contributed by atoms with Gasteiger partial charge in [-0.15, -0.1) is 0 Å². The van der Waals surface area contributed by atoms with E-state index in [2.05, 4.69) is 10.3 Å². The van der Waals surface area contributed by atoms with Crippen LogP contribution in [0, 0.1) is 0 Å². The van der Waals surface area contributed by atoms with E-state index in [9.17, 15) is 14.4 Å². The van der Waals surface area contributed by atoms with E-state index in [0.717, 1.165) is 16.5 Å². The summed E-state index contributed by atoms with van der Waals surface area (Å²) in [6.45, 7) is 2.34. The third-order valence-corrected chi connectivity index (χ3v) is 4.60. The van der Waals surface area contributed by atoms with Gasteiger partial charge in [-0.25, -0.2) is 4.79 Å². The molecule has 0 aliphatic carbocycles. The second kappa shape index (κ2) is 11.0. The number of benzene rings is 1.